The van der Waals surface area contributed by atoms with Crippen LogP contribution in [0.2, 0.25) is 0 Å². The van der Waals surface area contributed by atoms with Crippen molar-refractivity contribution < 1.29 is 38.0 Å². The van der Waals surface area contributed by atoms with Crippen LogP contribution in [0.1, 0.15) is 85.7 Å². The Bertz CT molecular complexity index is 1390. The zero-order chi connectivity index (χ0) is 28.9. The predicted molar refractivity (Wildman–Crippen MR) is 146 cm³/mol. The van der Waals surface area contributed by atoms with E-state index in [1.807, 2.05) is 27.7 Å². The summed E-state index contributed by atoms with van der Waals surface area (Å²) in [5.41, 5.74) is 0.524. The van der Waals surface area contributed by atoms with E-state index in [-0.39, 0.29) is 51.9 Å². The topological polar surface area (TPSA) is 91.3 Å². The molecule has 1 aliphatic heterocycles. The number of halogens is 1. The Labute approximate surface area is 234 Å². The summed E-state index contributed by atoms with van der Waals surface area (Å²) < 4.78 is 39.3. The van der Waals surface area contributed by atoms with E-state index in [0.29, 0.717) is 41.9 Å². The smallest absolute Gasteiger partial charge is 0.346 e. The standard InChI is InChI=1S/C32H37FO7/c1-7-20-17(4)26(33)22-15-38-30(35)25-24(11-10-21(27(25)37-6)23(34)12-16(2)3)39-29(22)28(20)40-31(36)32(5)14-18-8-9-19(32)13-18/h8-11,16,18-19,23,34H,7,12-15H2,1-6H3/t18-,19+,23-,32-/m0/s1. The number of cyclic esters (lactones) is 1. The summed E-state index contributed by atoms with van der Waals surface area (Å²) in [6, 6.07) is 3.16. The van der Waals surface area contributed by atoms with E-state index in [9.17, 15) is 14.7 Å². The van der Waals surface area contributed by atoms with Gasteiger partial charge in [-0.25, -0.2) is 9.18 Å². The molecule has 40 heavy (non-hydrogen) atoms. The summed E-state index contributed by atoms with van der Waals surface area (Å²) in [6.45, 7) is 8.93. The van der Waals surface area contributed by atoms with Gasteiger partial charge < -0.3 is 24.1 Å². The zero-order valence-corrected chi connectivity index (χ0v) is 23.9. The number of rotatable bonds is 7. The molecule has 1 N–H and O–H groups in total. The number of ether oxygens (including phenoxy) is 4. The molecule has 0 aromatic heterocycles. The first-order valence-corrected chi connectivity index (χ1v) is 14.0. The normalized spacial score (nSPS) is 23.6. The fourth-order valence-corrected chi connectivity index (χ4v) is 6.45. The molecule has 0 spiro atoms. The second-order valence-corrected chi connectivity index (χ2v) is 11.8. The molecule has 0 amide bonds. The van der Waals surface area contributed by atoms with Gasteiger partial charge in [0.25, 0.3) is 0 Å². The molecule has 1 fully saturated rings. The first-order valence-electron chi connectivity index (χ1n) is 14.0. The number of fused-ring (bicyclic) bond motifs is 4. The van der Waals surface area contributed by atoms with Gasteiger partial charge in [-0.2, -0.15) is 0 Å². The Balaban J connectivity index is 1.63. The molecule has 2 bridgehead atoms. The fraction of sp³-hybridized carbons (Fsp3) is 0.500. The van der Waals surface area contributed by atoms with Gasteiger partial charge in [-0.15, -0.1) is 0 Å². The lowest BCUT2D eigenvalue weighted by Crippen LogP contribution is -2.36. The summed E-state index contributed by atoms with van der Waals surface area (Å²) in [5.74, 6) is -0.786. The SMILES string of the molecule is CCc1c(C)c(F)c2c(c1OC(=O)[C@@]1(C)C[C@H]3C=C[C@@H]1C3)Oc1ccc([C@@H](O)CC(C)C)c(OC)c1C(=O)OC2. The van der Waals surface area contributed by atoms with Gasteiger partial charge in [-0.3, -0.25) is 4.79 Å². The molecule has 4 atom stereocenters. The molecule has 0 radical (unpaired) electrons. The number of hydrogen-bond acceptors (Lipinski definition) is 7. The molecule has 0 unspecified atom stereocenters. The second-order valence-electron chi connectivity index (χ2n) is 11.8. The first kappa shape index (κ1) is 28.1. The summed E-state index contributed by atoms with van der Waals surface area (Å²) in [4.78, 5) is 26.9. The van der Waals surface area contributed by atoms with Gasteiger partial charge in [-0.1, -0.05) is 32.9 Å². The Hall–Kier alpha value is -3.39. The minimum absolute atomic E-state index is 0.00174. The minimum Gasteiger partial charge on any atom is -0.495 e. The number of methoxy groups -OCH3 is 1. The number of carbonyl (C=O) groups is 2. The van der Waals surface area contributed by atoms with E-state index in [0.717, 1.165) is 6.42 Å². The number of hydrogen-bond donors (Lipinski definition) is 1. The number of carbonyl (C=O) groups excluding carboxylic acids is 2. The Morgan fingerprint density at radius 3 is 2.60 bits per heavy atom. The second kappa shape index (κ2) is 10.5. The Morgan fingerprint density at radius 1 is 1.25 bits per heavy atom. The van der Waals surface area contributed by atoms with Crippen molar-refractivity contribution in [3.63, 3.8) is 0 Å². The molecular formula is C32H37FO7. The van der Waals surface area contributed by atoms with E-state index >= 15 is 4.39 Å². The molecule has 1 saturated carbocycles. The van der Waals surface area contributed by atoms with Crippen molar-refractivity contribution in [1.29, 1.82) is 0 Å². The average molecular weight is 553 g/mol. The highest BCUT2D eigenvalue weighted by Gasteiger charge is 2.51. The molecule has 7 nitrogen and oxygen atoms in total. The van der Waals surface area contributed by atoms with E-state index in [4.69, 9.17) is 18.9 Å². The Morgan fingerprint density at radius 2 is 2.00 bits per heavy atom. The molecule has 214 valence electrons. The quantitative estimate of drug-likeness (QED) is 0.231. The van der Waals surface area contributed by atoms with Crippen LogP contribution in [0, 0.1) is 35.9 Å². The highest BCUT2D eigenvalue weighted by molar-refractivity contribution is 5.97. The van der Waals surface area contributed by atoms with Crippen molar-refractivity contribution in [2.75, 3.05) is 7.11 Å². The minimum atomic E-state index is -0.884. The van der Waals surface area contributed by atoms with Crippen LogP contribution >= 0.6 is 0 Å². The third-order valence-corrected chi connectivity index (χ3v) is 8.66. The number of benzene rings is 2. The van der Waals surface area contributed by atoms with E-state index in [1.54, 1.807) is 13.0 Å². The molecule has 2 aliphatic carbocycles. The van der Waals surface area contributed by atoms with Crippen LogP contribution < -0.4 is 14.2 Å². The van der Waals surface area contributed by atoms with Gasteiger partial charge in [0.15, 0.2) is 11.5 Å². The zero-order valence-electron chi connectivity index (χ0n) is 23.9. The summed E-state index contributed by atoms with van der Waals surface area (Å²) in [6.07, 6.45) is 5.80. The molecule has 5 rings (SSSR count). The molecule has 3 aliphatic rings. The van der Waals surface area contributed by atoms with Gasteiger partial charge in [0, 0.05) is 11.1 Å². The lowest BCUT2D eigenvalue weighted by molar-refractivity contribution is -0.146. The van der Waals surface area contributed by atoms with Crippen LogP contribution in [0.4, 0.5) is 4.39 Å². The van der Waals surface area contributed by atoms with Crippen molar-refractivity contribution in [2.24, 2.45) is 23.2 Å². The van der Waals surface area contributed by atoms with Gasteiger partial charge in [0.05, 0.1) is 24.2 Å². The largest absolute Gasteiger partial charge is 0.495 e. The van der Waals surface area contributed by atoms with Gasteiger partial charge in [0.2, 0.25) is 0 Å². The molecule has 2 aromatic carbocycles. The van der Waals surface area contributed by atoms with Crippen molar-refractivity contribution in [1.82, 2.24) is 0 Å². The lowest BCUT2D eigenvalue weighted by atomic mass is 9.77. The van der Waals surface area contributed by atoms with Crippen LogP contribution in [-0.2, 0) is 22.6 Å². The monoisotopic (exact) mass is 552 g/mol. The summed E-state index contributed by atoms with van der Waals surface area (Å²) in [5, 5.41) is 10.8. The molecule has 2 aromatic rings. The maximum absolute atomic E-state index is 15.7. The maximum atomic E-state index is 15.7. The number of aliphatic hydroxyl groups excluding tert-OH is 1. The third kappa shape index (κ3) is 4.56. The average Bonchev–Trinajstić information content (AvgIpc) is 3.50. The van der Waals surface area contributed by atoms with Gasteiger partial charge in [-0.05, 0) is 75.0 Å². The van der Waals surface area contributed by atoms with Gasteiger partial charge >= 0.3 is 11.9 Å². The molecular weight excluding hydrogens is 515 g/mol. The molecule has 0 saturated heterocycles. The van der Waals surface area contributed by atoms with Crippen molar-refractivity contribution in [3.8, 4) is 23.0 Å². The van der Waals surface area contributed by atoms with Crippen molar-refractivity contribution >= 4 is 11.9 Å². The maximum Gasteiger partial charge on any atom is 0.346 e. The first-order chi connectivity index (χ1) is 19.0. The van der Waals surface area contributed by atoms with Crippen molar-refractivity contribution in [3.05, 3.63) is 57.9 Å². The van der Waals surface area contributed by atoms with E-state index in [1.165, 1.54) is 13.2 Å². The van der Waals surface area contributed by atoms with Crippen LogP contribution in [0.25, 0.3) is 0 Å². The highest BCUT2D eigenvalue weighted by atomic mass is 19.1. The van der Waals surface area contributed by atoms with Crippen LogP contribution in [0.3, 0.4) is 0 Å². The van der Waals surface area contributed by atoms with E-state index in [2.05, 4.69) is 12.2 Å². The summed E-state index contributed by atoms with van der Waals surface area (Å²) >= 11 is 0. The number of aliphatic hydroxyl groups is 1. The third-order valence-electron chi connectivity index (χ3n) is 8.66. The fourth-order valence-electron chi connectivity index (χ4n) is 6.45. The van der Waals surface area contributed by atoms with Crippen LogP contribution in [0.5, 0.6) is 23.0 Å². The highest BCUT2D eigenvalue weighted by Crippen LogP contribution is 2.54. The number of allylic oxidation sites excluding steroid dienone is 2. The molecule has 8 heteroatoms. The summed E-state index contributed by atoms with van der Waals surface area (Å²) in [7, 11) is 1.40. The number of esters is 2. The predicted octanol–water partition coefficient (Wildman–Crippen LogP) is 6.76. The van der Waals surface area contributed by atoms with Gasteiger partial charge in [0.1, 0.15) is 29.5 Å². The lowest BCUT2D eigenvalue weighted by Gasteiger charge is -2.30. The van der Waals surface area contributed by atoms with Crippen LogP contribution in [0.15, 0.2) is 24.3 Å². The molecule has 1 heterocycles. The van der Waals surface area contributed by atoms with Crippen molar-refractivity contribution in [2.45, 2.75) is 73.0 Å². The van der Waals surface area contributed by atoms with Crippen LogP contribution in [-0.4, -0.2) is 24.2 Å². The Kier molecular flexibility index (Phi) is 7.42. The van der Waals surface area contributed by atoms with E-state index < -0.39 is 29.9 Å².